The lowest BCUT2D eigenvalue weighted by molar-refractivity contribution is -0.134. The highest BCUT2D eigenvalue weighted by Gasteiger charge is 2.35. The molecule has 2 aromatic carbocycles. The SMILES string of the molecule is CN1c2ccccc2C(NCCS(=O)(=O)CC(=O)O)c2ccc(Cl)cc2S1(=O)=O. The van der Waals surface area contributed by atoms with Crippen LogP contribution < -0.4 is 9.62 Å². The summed E-state index contributed by atoms with van der Waals surface area (Å²) in [7, 11) is -6.24. The average Bonchev–Trinajstić information content (AvgIpc) is 2.69. The van der Waals surface area contributed by atoms with E-state index in [2.05, 4.69) is 5.32 Å². The van der Waals surface area contributed by atoms with Crippen LogP contribution in [0, 0.1) is 0 Å². The Bertz CT molecular complexity index is 1160. The maximum Gasteiger partial charge on any atom is 0.318 e. The first-order chi connectivity index (χ1) is 13.5. The van der Waals surface area contributed by atoms with Gasteiger partial charge < -0.3 is 10.4 Å². The van der Waals surface area contributed by atoms with E-state index in [0.717, 1.165) is 0 Å². The highest BCUT2D eigenvalue weighted by atomic mass is 35.5. The fourth-order valence-corrected chi connectivity index (χ4v) is 5.94. The predicted molar refractivity (Wildman–Crippen MR) is 110 cm³/mol. The maximum absolute atomic E-state index is 13.1. The van der Waals surface area contributed by atoms with Gasteiger partial charge in [-0.05, 0) is 29.3 Å². The van der Waals surface area contributed by atoms with Crippen molar-refractivity contribution in [1.82, 2.24) is 5.32 Å². The number of carboxylic acid groups (broad SMARTS) is 1. The van der Waals surface area contributed by atoms with Gasteiger partial charge in [0.2, 0.25) is 0 Å². The lowest BCUT2D eigenvalue weighted by Crippen LogP contribution is -2.30. The second-order valence-electron chi connectivity index (χ2n) is 6.59. The van der Waals surface area contributed by atoms with Crippen LogP contribution in [0.15, 0.2) is 47.4 Å². The highest BCUT2D eigenvalue weighted by Crippen LogP contribution is 2.40. The molecule has 11 heteroatoms. The molecule has 1 heterocycles. The second kappa shape index (κ2) is 7.94. The van der Waals surface area contributed by atoms with Crippen molar-refractivity contribution in [3.63, 3.8) is 0 Å². The van der Waals surface area contributed by atoms with Crippen LogP contribution in [0.2, 0.25) is 5.02 Å². The van der Waals surface area contributed by atoms with Gasteiger partial charge in [0.05, 0.1) is 22.4 Å². The van der Waals surface area contributed by atoms with E-state index in [1.165, 1.54) is 17.4 Å². The Morgan fingerprint density at radius 3 is 2.59 bits per heavy atom. The van der Waals surface area contributed by atoms with Crippen molar-refractivity contribution in [1.29, 1.82) is 0 Å². The summed E-state index contributed by atoms with van der Waals surface area (Å²) in [5.41, 5.74) is 1.53. The molecule has 0 fully saturated rings. The third-order valence-electron chi connectivity index (χ3n) is 4.62. The van der Waals surface area contributed by atoms with Gasteiger partial charge in [0.1, 0.15) is 5.75 Å². The Kier molecular flexibility index (Phi) is 5.91. The molecule has 3 rings (SSSR count). The number of hydrogen-bond donors (Lipinski definition) is 2. The van der Waals surface area contributed by atoms with Crippen LogP contribution in [0.25, 0.3) is 0 Å². The topological polar surface area (TPSA) is 121 Å². The molecule has 1 aliphatic rings. The molecule has 0 radical (unpaired) electrons. The van der Waals surface area contributed by atoms with Gasteiger partial charge in [-0.3, -0.25) is 9.10 Å². The Morgan fingerprint density at radius 2 is 1.90 bits per heavy atom. The van der Waals surface area contributed by atoms with Crippen molar-refractivity contribution in [3.8, 4) is 0 Å². The molecule has 0 bridgehead atoms. The number of nitrogens with zero attached hydrogens (tertiary/aromatic N) is 1. The summed E-state index contributed by atoms with van der Waals surface area (Å²) in [6, 6.07) is 10.8. The fourth-order valence-electron chi connectivity index (χ4n) is 3.27. The smallest absolute Gasteiger partial charge is 0.318 e. The minimum Gasteiger partial charge on any atom is -0.480 e. The monoisotopic (exact) mass is 458 g/mol. The van der Waals surface area contributed by atoms with Crippen molar-refractivity contribution in [3.05, 3.63) is 58.6 Å². The van der Waals surface area contributed by atoms with Gasteiger partial charge in [-0.2, -0.15) is 0 Å². The number of hydrogen-bond acceptors (Lipinski definition) is 6. The molecular weight excluding hydrogens is 440 g/mol. The molecule has 29 heavy (non-hydrogen) atoms. The van der Waals surface area contributed by atoms with E-state index >= 15 is 0 Å². The number of aliphatic carboxylic acids is 1. The fraction of sp³-hybridized carbons (Fsp3) is 0.278. The number of sulfonamides is 1. The van der Waals surface area contributed by atoms with Crippen molar-refractivity contribution in [2.75, 3.05) is 29.4 Å². The van der Waals surface area contributed by atoms with Crippen molar-refractivity contribution in [2.45, 2.75) is 10.9 Å². The van der Waals surface area contributed by atoms with E-state index in [9.17, 15) is 21.6 Å². The average molecular weight is 459 g/mol. The molecule has 1 aliphatic heterocycles. The molecule has 0 saturated carbocycles. The number of para-hydroxylation sites is 1. The number of nitrogens with one attached hydrogen (secondary N) is 1. The summed E-state index contributed by atoms with van der Waals surface area (Å²) >= 11 is 6.04. The predicted octanol–water partition coefficient (Wildman–Crippen LogP) is 1.66. The number of halogens is 1. The number of anilines is 1. The normalized spacial score (nSPS) is 17.9. The molecule has 0 saturated heterocycles. The Morgan fingerprint density at radius 1 is 1.21 bits per heavy atom. The lowest BCUT2D eigenvalue weighted by atomic mass is 9.97. The van der Waals surface area contributed by atoms with Crippen LogP contribution in [-0.2, 0) is 24.7 Å². The minimum atomic E-state index is -3.88. The first-order valence-electron chi connectivity index (χ1n) is 8.56. The maximum atomic E-state index is 13.1. The summed E-state index contributed by atoms with van der Waals surface area (Å²) in [6.45, 7) is -0.0551. The number of carbonyl (C=O) groups is 1. The first-order valence-corrected chi connectivity index (χ1v) is 12.2. The van der Waals surface area contributed by atoms with Gasteiger partial charge in [-0.1, -0.05) is 35.9 Å². The van der Waals surface area contributed by atoms with Crippen LogP contribution in [0.1, 0.15) is 17.2 Å². The minimum absolute atomic E-state index is 0.0228. The number of rotatable bonds is 6. The van der Waals surface area contributed by atoms with E-state index in [1.54, 1.807) is 36.4 Å². The molecule has 0 amide bonds. The standard InChI is InChI=1S/C18H19ClN2O6S2/c1-21-15-5-3-2-4-13(15)18(20-8-9-28(24,25)11-17(22)23)14-7-6-12(19)10-16(14)29(21,26)27/h2-7,10,18,20H,8-9,11H2,1H3,(H,22,23). The number of fused-ring (bicyclic) bond motifs is 2. The van der Waals surface area contributed by atoms with Crippen molar-refractivity contribution < 1.29 is 26.7 Å². The van der Waals surface area contributed by atoms with E-state index < -0.39 is 43.4 Å². The third-order valence-corrected chi connectivity index (χ3v) is 8.19. The molecule has 0 aliphatic carbocycles. The zero-order chi connectivity index (χ0) is 21.4. The Hall–Kier alpha value is -2.14. The van der Waals surface area contributed by atoms with Gasteiger partial charge in [-0.15, -0.1) is 0 Å². The van der Waals surface area contributed by atoms with Gasteiger partial charge in [0.25, 0.3) is 10.0 Å². The van der Waals surface area contributed by atoms with Crippen LogP contribution in [0.4, 0.5) is 5.69 Å². The molecule has 0 spiro atoms. The van der Waals surface area contributed by atoms with Crippen molar-refractivity contribution >= 4 is 43.1 Å². The summed E-state index contributed by atoms with van der Waals surface area (Å²) in [5, 5.41) is 12.1. The summed E-state index contributed by atoms with van der Waals surface area (Å²) in [4.78, 5) is 10.7. The number of sulfone groups is 1. The molecule has 1 unspecified atom stereocenters. The molecule has 8 nitrogen and oxygen atoms in total. The lowest BCUT2D eigenvalue weighted by Gasteiger charge is -2.22. The largest absolute Gasteiger partial charge is 0.480 e. The van der Waals surface area contributed by atoms with Gasteiger partial charge in [0.15, 0.2) is 9.84 Å². The van der Waals surface area contributed by atoms with Gasteiger partial charge in [0, 0.05) is 18.6 Å². The van der Waals surface area contributed by atoms with E-state index in [4.69, 9.17) is 16.7 Å². The number of benzene rings is 2. The summed E-state index contributed by atoms with van der Waals surface area (Å²) < 4.78 is 51.2. The molecule has 2 aromatic rings. The molecule has 0 aromatic heterocycles. The summed E-state index contributed by atoms with van der Waals surface area (Å²) in [5.74, 6) is -2.78. The van der Waals surface area contributed by atoms with Crippen LogP contribution in [-0.4, -0.2) is 53.0 Å². The molecule has 156 valence electrons. The summed E-state index contributed by atoms with van der Waals surface area (Å²) in [6.07, 6.45) is 0. The highest BCUT2D eigenvalue weighted by molar-refractivity contribution is 7.93. The van der Waals surface area contributed by atoms with Crippen LogP contribution in [0.5, 0.6) is 0 Å². The van der Waals surface area contributed by atoms with Crippen molar-refractivity contribution in [2.24, 2.45) is 0 Å². The number of carboxylic acids is 1. The van der Waals surface area contributed by atoms with Gasteiger partial charge >= 0.3 is 5.97 Å². The Labute approximate surface area is 174 Å². The third kappa shape index (κ3) is 4.40. The molecule has 2 N–H and O–H groups in total. The molecule has 1 atom stereocenters. The first kappa shape index (κ1) is 21.6. The van der Waals surface area contributed by atoms with E-state index in [-0.39, 0.29) is 16.5 Å². The zero-order valence-electron chi connectivity index (χ0n) is 15.4. The van der Waals surface area contributed by atoms with Gasteiger partial charge in [-0.25, -0.2) is 16.8 Å². The van der Waals surface area contributed by atoms with E-state index in [0.29, 0.717) is 16.8 Å². The Balaban J connectivity index is 2.05. The molecular formula is C18H19ClN2O6S2. The second-order valence-corrected chi connectivity index (χ2v) is 11.1. The quantitative estimate of drug-likeness (QED) is 0.675. The van der Waals surface area contributed by atoms with Crippen LogP contribution in [0.3, 0.4) is 0 Å². The van der Waals surface area contributed by atoms with E-state index in [1.807, 2.05) is 0 Å². The zero-order valence-corrected chi connectivity index (χ0v) is 17.8. The van der Waals surface area contributed by atoms with Crippen LogP contribution >= 0.6 is 11.6 Å².